The molecule has 0 aliphatic carbocycles. The van der Waals surface area contributed by atoms with Crippen LogP contribution in [0.3, 0.4) is 0 Å². The van der Waals surface area contributed by atoms with Crippen LogP contribution >= 0.6 is 0 Å². The van der Waals surface area contributed by atoms with Crippen LogP contribution in [-0.2, 0) is 11.3 Å². The molecule has 8 heteroatoms. The number of carbonyl (C=O) groups excluding carboxylic acids is 2. The lowest BCUT2D eigenvalue weighted by molar-refractivity contribution is 0.0525. The fourth-order valence-electron chi connectivity index (χ4n) is 3.03. The van der Waals surface area contributed by atoms with Gasteiger partial charge in [-0.1, -0.05) is 6.07 Å². The molecule has 0 atom stereocenters. The van der Waals surface area contributed by atoms with Crippen molar-refractivity contribution in [3.05, 3.63) is 65.2 Å². The number of aromatic nitrogens is 3. The van der Waals surface area contributed by atoms with Gasteiger partial charge in [-0.15, -0.1) is 0 Å². The maximum Gasteiger partial charge on any atom is 0.340 e. The van der Waals surface area contributed by atoms with Crippen LogP contribution in [-0.4, -0.2) is 39.9 Å². The van der Waals surface area contributed by atoms with Gasteiger partial charge in [0.2, 0.25) is 0 Å². The molecule has 8 nitrogen and oxygen atoms in total. The number of aryl methyl sites for hydroxylation is 1. The van der Waals surface area contributed by atoms with Crippen molar-refractivity contribution in [3.63, 3.8) is 0 Å². The molecule has 3 rings (SSSR count). The maximum absolute atomic E-state index is 12.7. The van der Waals surface area contributed by atoms with Crippen LogP contribution in [0.25, 0.3) is 0 Å². The Hall–Kier alpha value is -3.55. The van der Waals surface area contributed by atoms with Crippen molar-refractivity contribution >= 4 is 17.6 Å². The third-order valence-electron chi connectivity index (χ3n) is 4.38. The molecule has 0 spiro atoms. The highest BCUT2D eigenvalue weighted by Gasteiger charge is 2.22. The number of anilines is 1. The summed E-state index contributed by atoms with van der Waals surface area (Å²) >= 11 is 0. The summed E-state index contributed by atoms with van der Waals surface area (Å²) in [6, 6.07) is 9.00. The van der Waals surface area contributed by atoms with Crippen LogP contribution in [0.2, 0.25) is 0 Å². The van der Waals surface area contributed by atoms with Gasteiger partial charge >= 0.3 is 5.97 Å². The zero-order valence-corrected chi connectivity index (χ0v) is 16.7. The Morgan fingerprint density at radius 2 is 2.07 bits per heavy atom. The van der Waals surface area contributed by atoms with Crippen LogP contribution in [0.5, 0.6) is 5.75 Å². The predicted octanol–water partition coefficient (Wildman–Crippen LogP) is 3.34. The monoisotopic (exact) mass is 396 g/mol. The van der Waals surface area contributed by atoms with Crippen molar-refractivity contribution in [2.75, 3.05) is 18.5 Å². The molecule has 152 valence electrons. The molecule has 3 aromatic rings. The van der Waals surface area contributed by atoms with Crippen LogP contribution in [0.15, 0.2) is 42.7 Å². The molecular formula is C21H24N4O4. The number of benzene rings is 1. The lowest BCUT2D eigenvalue weighted by Gasteiger charge is -2.09. The van der Waals surface area contributed by atoms with Gasteiger partial charge in [-0.2, -0.15) is 5.10 Å². The van der Waals surface area contributed by atoms with Gasteiger partial charge in [0.1, 0.15) is 18.1 Å². The number of amides is 1. The fourth-order valence-corrected chi connectivity index (χ4v) is 3.03. The highest BCUT2D eigenvalue weighted by atomic mass is 16.5. The quantitative estimate of drug-likeness (QED) is 0.569. The van der Waals surface area contributed by atoms with E-state index >= 15 is 0 Å². The average Bonchev–Trinajstić information content (AvgIpc) is 3.30. The molecule has 2 heterocycles. The van der Waals surface area contributed by atoms with Crippen molar-refractivity contribution in [1.82, 2.24) is 14.8 Å². The molecule has 0 saturated carbocycles. The van der Waals surface area contributed by atoms with Gasteiger partial charge in [0.25, 0.3) is 5.91 Å². The zero-order valence-electron chi connectivity index (χ0n) is 16.7. The van der Waals surface area contributed by atoms with E-state index in [2.05, 4.69) is 15.4 Å². The smallest absolute Gasteiger partial charge is 0.340 e. The molecule has 1 amide bonds. The Labute approximate surface area is 168 Å². The van der Waals surface area contributed by atoms with Crippen LogP contribution in [0, 0.1) is 13.8 Å². The third-order valence-corrected chi connectivity index (χ3v) is 4.38. The van der Waals surface area contributed by atoms with Crippen molar-refractivity contribution in [2.24, 2.45) is 0 Å². The maximum atomic E-state index is 12.7. The number of rotatable bonds is 8. The van der Waals surface area contributed by atoms with E-state index in [1.807, 2.05) is 18.3 Å². The number of H-pyrrole nitrogens is 1. The molecule has 0 unspecified atom stereocenters. The Morgan fingerprint density at radius 3 is 2.79 bits per heavy atom. The Kier molecular flexibility index (Phi) is 6.33. The van der Waals surface area contributed by atoms with Gasteiger partial charge in [-0.3, -0.25) is 9.48 Å². The van der Waals surface area contributed by atoms with Crippen LogP contribution in [0.4, 0.5) is 5.69 Å². The van der Waals surface area contributed by atoms with Crippen molar-refractivity contribution < 1.29 is 19.1 Å². The van der Waals surface area contributed by atoms with Gasteiger partial charge in [0, 0.05) is 29.8 Å². The molecule has 0 saturated heterocycles. The first-order valence-corrected chi connectivity index (χ1v) is 9.37. The van der Waals surface area contributed by atoms with E-state index in [9.17, 15) is 9.59 Å². The first-order chi connectivity index (χ1) is 14.0. The summed E-state index contributed by atoms with van der Waals surface area (Å²) in [6.07, 6.45) is 3.58. The molecule has 0 radical (unpaired) electrons. The van der Waals surface area contributed by atoms with E-state index in [4.69, 9.17) is 9.47 Å². The van der Waals surface area contributed by atoms with Gasteiger partial charge in [-0.05, 0) is 44.5 Å². The number of nitrogens with one attached hydrogen (secondary N) is 2. The summed E-state index contributed by atoms with van der Waals surface area (Å²) in [5.41, 5.74) is 2.48. The highest BCUT2D eigenvalue weighted by Crippen LogP contribution is 2.22. The number of esters is 1. The number of hydrogen-bond acceptors (Lipinski definition) is 5. The molecule has 0 aliphatic rings. The van der Waals surface area contributed by atoms with Crippen molar-refractivity contribution in [1.29, 1.82) is 0 Å². The van der Waals surface area contributed by atoms with Crippen molar-refractivity contribution in [3.8, 4) is 5.75 Å². The molecule has 0 bridgehead atoms. The zero-order chi connectivity index (χ0) is 20.8. The fraction of sp³-hybridized carbons (Fsp3) is 0.286. The first-order valence-electron chi connectivity index (χ1n) is 9.37. The second-order valence-electron chi connectivity index (χ2n) is 6.45. The lowest BCUT2D eigenvalue weighted by Crippen LogP contribution is -2.14. The van der Waals surface area contributed by atoms with E-state index in [1.165, 1.54) is 0 Å². The Morgan fingerprint density at radius 1 is 1.24 bits per heavy atom. The molecular weight excluding hydrogens is 372 g/mol. The van der Waals surface area contributed by atoms with Gasteiger partial charge in [-0.25, -0.2) is 4.79 Å². The SMILES string of the molecule is CCOC(=O)c1c(C)[nH]c(C(=O)Nc2cccc(OCCn3cccn3)c2)c1C. The van der Waals surface area contributed by atoms with Gasteiger partial charge < -0.3 is 19.8 Å². The summed E-state index contributed by atoms with van der Waals surface area (Å²) < 4.78 is 12.6. The Bertz CT molecular complexity index is 992. The number of carbonyl (C=O) groups is 2. The van der Waals surface area contributed by atoms with E-state index in [0.717, 1.165) is 0 Å². The summed E-state index contributed by atoms with van der Waals surface area (Å²) in [4.78, 5) is 27.8. The molecule has 2 aromatic heterocycles. The first kappa shape index (κ1) is 20.2. The van der Waals surface area contributed by atoms with E-state index in [-0.39, 0.29) is 12.5 Å². The largest absolute Gasteiger partial charge is 0.492 e. The van der Waals surface area contributed by atoms with E-state index in [1.54, 1.807) is 49.8 Å². The highest BCUT2D eigenvalue weighted by molar-refractivity contribution is 6.06. The van der Waals surface area contributed by atoms with Gasteiger partial charge in [0.15, 0.2) is 0 Å². The average molecular weight is 396 g/mol. The summed E-state index contributed by atoms with van der Waals surface area (Å²) in [5, 5.41) is 6.96. The third kappa shape index (κ3) is 4.84. The van der Waals surface area contributed by atoms with Crippen LogP contribution in [0.1, 0.15) is 39.0 Å². The summed E-state index contributed by atoms with van der Waals surface area (Å²) in [7, 11) is 0. The molecule has 0 fully saturated rings. The van der Waals surface area contributed by atoms with Crippen molar-refractivity contribution in [2.45, 2.75) is 27.3 Å². The van der Waals surface area contributed by atoms with E-state index < -0.39 is 5.97 Å². The minimum absolute atomic E-state index is 0.275. The van der Waals surface area contributed by atoms with Crippen LogP contribution < -0.4 is 10.1 Å². The molecule has 1 aromatic carbocycles. The minimum Gasteiger partial charge on any atom is -0.492 e. The Balaban J connectivity index is 1.66. The lowest BCUT2D eigenvalue weighted by atomic mass is 10.1. The predicted molar refractivity (Wildman–Crippen MR) is 108 cm³/mol. The standard InChI is InChI=1S/C21H24N4O4/c1-4-28-21(27)18-14(2)19(23-15(18)3)20(26)24-16-7-5-8-17(13-16)29-12-11-25-10-6-9-22-25/h5-10,13,23H,4,11-12H2,1-3H3,(H,24,26). The number of hydrogen-bond donors (Lipinski definition) is 2. The second kappa shape index (κ2) is 9.09. The molecule has 29 heavy (non-hydrogen) atoms. The number of aromatic amines is 1. The minimum atomic E-state index is -0.439. The number of ether oxygens (including phenoxy) is 2. The topological polar surface area (TPSA) is 98.2 Å². The normalized spacial score (nSPS) is 10.6. The molecule has 0 aliphatic heterocycles. The second-order valence-corrected chi connectivity index (χ2v) is 6.45. The number of nitrogens with zero attached hydrogens (tertiary/aromatic N) is 2. The molecule has 2 N–H and O–H groups in total. The van der Waals surface area contributed by atoms with Gasteiger partial charge in [0.05, 0.1) is 18.7 Å². The van der Waals surface area contributed by atoms with E-state index in [0.29, 0.717) is 47.1 Å². The summed E-state index contributed by atoms with van der Waals surface area (Å²) in [5.74, 6) is -0.137. The summed E-state index contributed by atoms with van der Waals surface area (Å²) in [6.45, 7) is 6.56.